The number of nitrogens with one attached hydrogen (secondary N) is 1. The smallest absolute Gasteiger partial charge is 0.201 e. The molecule has 0 atom stereocenters. The van der Waals surface area contributed by atoms with E-state index in [2.05, 4.69) is 9.97 Å². The minimum absolute atomic E-state index is 0.119. The molecule has 0 spiro atoms. The zero-order valence-electron chi connectivity index (χ0n) is 11.8. The number of aromatic amines is 1. The molecule has 1 aromatic carbocycles. The standard InChI is InChI=1S/C17H13ClN2O2/c1-22-13-5-6-14-12(10-13)9-11(17(18)20-14)4-7-16(21)15-3-2-8-19-15/h2-10,19H,1H3/b7-4+. The predicted octanol–water partition coefficient (Wildman–Crippen LogP) is 4.12. The maximum Gasteiger partial charge on any atom is 0.201 e. The molecule has 2 aromatic heterocycles. The fraction of sp³-hybridized carbons (Fsp3) is 0.0588. The molecule has 0 aliphatic rings. The number of methoxy groups -OCH3 is 1. The Bertz CT molecular complexity index is 854. The van der Waals surface area contributed by atoms with Crippen molar-refractivity contribution < 1.29 is 9.53 Å². The Kier molecular flexibility index (Phi) is 3.94. The monoisotopic (exact) mass is 312 g/mol. The number of halogens is 1. The summed E-state index contributed by atoms with van der Waals surface area (Å²) in [5.41, 5.74) is 1.99. The number of hydrogen-bond donors (Lipinski definition) is 1. The fourth-order valence-corrected chi connectivity index (χ4v) is 2.34. The summed E-state index contributed by atoms with van der Waals surface area (Å²) >= 11 is 6.17. The molecular weight excluding hydrogens is 300 g/mol. The Morgan fingerprint density at radius 2 is 2.18 bits per heavy atom. The van der Waals surface area contributed by atoms with Gasteiger partial charge in [0.25, 0.3) is 0 Å². The van der Waals surface area contributed by atoms with Gasteiger partial charge >= 0.3 is 0 Å². The van der Waals surface area contributed by atoms with Gasteiger partial charge in [-0.2, -0.15) is 0 Å². The molecule has 110 valence electrons. The lowest BCUT2D eigenvalue weighted by Crippen LogP contribution is -1.94. The summed E-state index contributed by atoms with van der Waals surface area (Å²) in [4.78, 5) is 19.2. The predicted molar refractivity (Wildman–Crippen MR) is 87.5 cm³/mol. The van der Waals surface area contributed by atoms with Gasteiger partial charge in [-0.25, -0.2) is 4.98 Å². The third-order valence-corrected chi connectivity index (χ3v) is 3.58. The summed E-state index contributed by atoms with van der Waals surface area (Å²) in [6.07, 6.45) is 4.84. The third kappa shape index (κ3) is 2.87. The third-order valence-electron chi connectivity index (χ3n) is 3.28. The molecule has 0 saturated carbocycles. The average molecular weight is 313 g/mol. The van der Waals surface area contributed by atoms with Crippen molar-refractivity contribution in [2.24, 2.45) is 0 Å². The molecule has 0 bridgehead atoms. The second-order valence-electron chi connectivity index (χ2n) is 4.71. The lowest BCUT2D eigenvalue weighted by molar-refractivity contribution is 0.104. The van der Waals surface area contributed by atoms with Crippen LogP contribution >= 0.6 is 11.6 Å². The van der Waals surface area contributed by atoms with Crippen molar-refractivity contribution in [1.82, 2.24) is 9.97 Å². The molecule has 3 aromatic rings. The van der Waals surface area contributed by atoms with Crippen molar-refractivity contribution >= 4 is 34.4 Å². The molecule has 2 heterocycles. The van der Waals surface area contributed by atoms with E-state index in [1.54, 1.807) is 31.5 Å². The minimum atomic E-state index is -0.119. The number of pyridine rings is 1. The first-order valence-electron chi connectivity index (χ1n) is 6.67. The molecule has 4 nitrogen and oxygen atoms in total. The van der Waals surface area contributed by atoms with Crippen molar-refractivity contribution in [2.75, 3.05) is 7.11 Å². The maximum atomic E-state index is 12.0. The zero-order chi connectivity index (χ0) is 15.5. The molecule has 0 radical (unpaired) electrons. The van der Waals surface area contributed by atoms with Gasteiger partial charge in [0.05, 0.1) is 18.3 Å². The number of aromatic nitrogens is 2. The van der Waals surface area contributed by atoms with Gasteiger partial charge in [-0.3, -0.25) is 4.79 Å². The van der Waals surface area contributed by atoms with Gasteiger partial charge in [-0.15, -0.1) is 0 Å². The summed E-state index contributed by atoms with van der Waals surface area (Å²) in [5.74, 6) is 0.626. The van der Waals surface area contributed by atoms with Crippen molar-refractivity contribution in [1.29, 1.82) is 0 Å². The number of hydrogen-bond acceptors (Lipinski definition) is 3. The molecule has 0 aliphatic carbocycles. The van der Waals surface area contributed by atoms with Gasteiger partial charge in [-0.1, -0.05) is 11.6 Å². The average Bonchev–Trinajstić information content (AvgIpc) is 3.06. The van der Waals surface area contributed by atoms with E-state index < -0.39 is 0 Å². The first-order valence-corrected chi connectivity index (χ1v) is 7.05. The lowest BCUT2D eigenvalue weighted by Gasteiger charge is -2.04. The first kappa shape index (κ1) is 14.4. The van der Waals surface area contributed by atoms with Gasteiger partial charge in [0.1, 0.15) is 10.9 Å². The Labute approximate surface area is 132 Å². The van der Waals surface area contributed by atoms with Crippen LogP contribution in [-0.2, 0) is 0 Å². The van der Waals surface area contributed by atoms with Gasteiger partial charge in [0, 0.05) is 17.1 Å². The maximum absolute atomic E-state index is 12.0. The van der Waals surface area contributed by atoms with Crippen LogP contribution in [0.15, 0.2) is 48.7 Å². The molecule has 0 amide bonds. The quantitative estimate of drug-likeness (QED) is 0.448. The minimum Gasteiger partial charge on any atom is -0.497 e. The molecule has 5 heteroatoms. The normalized spacial score (nSPS) is 11.2. The number of benzene rings is 1. The van der Waals surface area contributed by atoms with Crippen LogP contribution in [0.1, 0.15) is 16.1 Å². The second kappa shape index (κ2) is 6.03. The topological polar surface area (TPSA) is 55.0 Å². The number of ether oxygens (including phenoxy) is 1. The van der Waals surface area contributed by atoms with E-state index in [9.17, 15) is 4.79 Å². The number of fused-ring (bicyclic) bond motifs is 1. The summed E-state index contributed by atoms with van der Waals surface area (Å²) in [6, 6.07) is 10.9. The fourth-order valence-electron chi connectivity index (χ4n) is 2.13. The Morgan fingerprint density at radius 3 is 2.91 bits per heavy atom. The Balaban J connectivity index is 1.96. The van der Waals surface area contributed by atoms with E-state index >= 15 is 0 Å². The van der Waals surface area contributed by atoms with Crippen LogP contribution in [0.4, 0.5) is 0 Å². The van der Waals surface area contributed by atoms with Crippen molar-refractivity contribution in [3.63, 3.8) is 0 Å². The summed E-state index contributed by atoms with van der Waals surface area (Å²) < 4.78 is 5.20. The molecule has 0 saturated heterocycles. The van der Waals surface area contributed by atoms with Gasteiger partial charge in [0.2, 0.25) is 5.78 Å². The van der Waals surface area contributed by atoms with Crippen molar-refractivity contribution in [3.05, 3.63) is 65.1 Å². The van der Waals surface area contributed by atoms with Gasteiger partial charge < -0.3 is 9.72 Å². The summed E-state index contributed by atoms with van der Waals surface area (Å²) in [7, 11) is 1.61. The molecule has 0 unspecified atom stereocenters. The number of ketones is 1. The molecule has 22 heavy (non-hydrogen) atoms. The molecular formula is C17H13ClN2O2. The number of rotatable bonds is 4. The van der Waals surface area contributed by atoms with E-state index in [1.165, 1.54) is 6.08 Å². The van der Waals surface area contributed by atoms with Crippen LogP contribution in [0.2, 0.25) is 5.15 Å². The SMILES string of the molecule is COc1ccc2nc(Cl)c(/C=C/C(=O)c3ccc[nH]3)cc2c1. The molecule has 0 aliphatic heterocycles. The van der Waals surface area contributed by atoms with Crippen LogP contribution in [0.5, 0.6) is 5.75 Å². The highest BCUT2D eigenvalue weighted by Gasteiger charge is 2.06. The number of carbonyl (C=O) groups is 1. The number of allylic oxidation sites excluding steroid dienone is 1. The van der Waals surface area contributed by atoms with Crippen LogP contribution in [0.3, 0.4) is 0 Å². The van der Waals surface area contributed by atoms with E-state index in [1.807, 2.05) is 24.3 Å². The summed E-state index contributed by atoms with van der Waals surface area (Å²) in [6.45, 7) is 0. The van der Waals surface area contributed by atoms with Crippen molar-refractivity contribution in [2.45, 2.75) is 0 Å². The Hall–Kier alpha value is -2.59. The highest BCUT2D eigenvalue weighted by Crippen LogP contribution is 2.25. The highest BCUT2D eigenvalue weighted by atomic mass is 35.5. The zero-order valence-corrected chi connectivity index (χ0v) is 12.6. The number of H-pyrrole nitrogens is 1. The molecule has 3 rings (SSSR count). The van der Waals surface area contributed by atoms with E-state index in [4.69, 9.17) is 16.3 Å². The van der Waals surface area contributed by atoms with E-state index in [0.717, 1.165) is 16.7 Å². The number of nitrogens with zero attached hydrogens (tertiary/aromatic N) is 1. The molecule has 1 N–H and O–H groups in total. The molecule has 0 fully saturated rings. The van der Waals surface area contributed by atoms with E-state index in [-0.39, 0.29) is 5.78 Å². The van der Waals surface area contributed by atoms with E-state index in [0.29, 0.717) is 16.4 Å². The van der Waals surface area contributed by atoms with Crippen LogP contribution < -0.4 is 4.74 Å². The second-order valence-corrected chi connectivity index (χ2v) is 5.07. The van der Waals surface area contributed by atoms with Crippen LogP contribution in [0, 0.1) is 0 Å². The Morgan fingerprint density at radius 1 is 1.32 bits per heavy atom. The van der Waals surface area contributed by atoms with Crippen LogP contribution in [0.25, 0.3) is 17.0 Å². The number of carbonyl (C=O) groups excluding carboxylic acids is 1. The summed E-state index contributed by atoms with van der Waals surface area (Å²) in [5, 5.41) is 1.25. The van der Waals surface area contributed by atoms with Gasteiger partial charge in [-0.05, 0) is 48.6 Å². The largest absolute Gasteiger partial charge is 0.497 e. The highest BCUT2D eigenvalue weighted by molar-refractivity contribution is 6.31. The van der Waals surface area contributed by atoms with Crippen LogP contribution in [-0.4, -0.2) is 22.9 Å². The lowest BCUT2D eigenvalue weighted by atomic mass is 10.1. The van der Waals surface area contributed by atoms with Gasteiger partial charge in [0.15, 0.2) is 0 Å². The van der Waals surface area contributed by atoms with Crippen molar-refractivity contribution in [3.8, 4) is 5.75 Å². The first-order chi connectivity index (χ1) is 10.7.